The summed E-state index contributed by atoms with van der Waals surface area (Å²) in [5, 5.41) is 0. The lowest BCUT2D eigenvalue weighted by atomic mass is 10.1. The zero-order valence-electron chi connectivity index (χ0n) is 16.3. The van der Waals surface area contributed by atoms with E-state index in [1.165, 1.54) is 24.8 Å². The zero-order chi connectivity index (χ0) is 18.8. The summed E-state index contributed by atoms with van der Waals surface area (Å²) in [6, 6.07) is 12.1. The summed E-state index contributed by atoms with van der Waals surface area (Å²) in [5.41, 5.74) is 3.78. The number of benzene rings is 1. The SMILES string of the molecule is CCCCCC[C@@H](C)OC(=O)c1ccc(-c2ccc(CCC)cc2)nc1. The van der Waals surface area contributed by atoms with Crippen LogP contribution in [0.25, 0.3) is 11.3 Å². The molecule has 2 aromatic rings. The maximum absolute atomic E-state index is 12.2. The van der Waals surface area contributed by atoms with E-state index in [4.69, 9.17) is 4.74 Å². The Labute approximate surface area is 157 Å². The predicted molar refractivity (Wildman–Crippen MR) is 107 cm³/mol. The molecule has 0 radical (unpaired) electrons. The van der Waals surface area contributed by atoms with Crippen LogP contribution >= 0.6 is 0 Å². The van der Waals surface area contributed by atoms with Crippen molar-refractivity contribution in [3.05, 3.63) is 53.7 Å². The van der Waals surface area contributed by atoms with Crippen LogP contribution in [-0.4, -0.2) is 17.1 Å². The van der Waals surface area contributed by atoms with Gasteiger partial charge in [-0.15, -0.1) is 0 Å². The maximum Gasteiger partial charge on any atom is 0.339 e. The Morgan fingerprint density at radius 3 is 2.38 bits per heavy atom. The van der Waals surface area contributed by atoms with Gasteiger partial charge in [0.1, 0.15) is 0 Å². The lowest BCUT2D eigenvalue weighted by Crippen LogP contribution is -2.15. The van der Waals surface area contributed by atoms with E-state index in [0.717, 1.165) is 36.9 Å². The van der Waals surface area contributed by atoms with Crippen molar-refractivity contribution in [3.8, 4) is 11.3 Å². The molecule has 0 saturated heterocycles. The molecule has 0 bridgehead atoms. The number of ether oxygens (including phenoxy) is 1. The molecule has 1 heterocycles. The topological polar surface area (TPSA) is 39.2 Å². The molecule has 26 heavy (non-hydrogen) atoms. The number of nitrogens with zero attached hydrogens (tertiary/aromatic N) is 1. The van der Waals surface area contributed by atoms with Gasteiger partial charge in [0.15, 0.2) is 0 Å². The van der Waals surface area contributed by atoms with Crippen molar-refractivity contribution in [2.75, 3.05) is 0 Å². The van der Waals surface area contributed by atoms with Gasteiger partial charge >= 0.3 is 5.97 Å². The zero-order valence-corrected chi connectivity index (χ0v) is 16.3. The first-order valence-corrected chi connectivity index (χ1v) is 9.90. The molecule has 1 aromatic carbocycles. The maximum atomic E-state index is 12.2. The second kappa shape index (κ2) is 10.7. The first-order chi connectivity index (χ1) is 12.6. The molecule has 0 amide bonds. The standard InChI is InChI=1S/C23H31NO2/c1-4-6-7-8-10-18(3)26-23(25)21-15-16-22(24-17-21)20-13-11-19(9-5-2)12-14-20/h11-18H,4-10H2,1-3H3/t18-/m1/s1. The molecule has 2 rings (SSSR count). The largest absolute Gasteiger partial charge is 0.459 e. The molecule has 1 atom stereocenters. The summed E-state index contributed by atoms with van der Waals surface area (Å²) >= 11 is 0. The summed E-state index contributed by atoms with van der Waals surface area (Å²) in [6.07, 6.45) is 9.48. The third-order valence-corrected chi connectivity index (χ3v) is 4.56. The number of pyridine rings is 1. The molecule has 140 valence electrons. The van der Waals surface area contributed by atoms with Crippen LogP contribution in [0.4, 0.5) is 0 Å². The number of hydrogen-bond acceptors (Lipinski definition) is 3. The number of aryl methyl sites for hydroxylation is 1. The highest BCUT2D eigenvalue weighted by molar-refractivity contribution is 5.89. The fourth-order valence-corrected chi connectivity index (χ4v) is 2.98. The predicted octanol–water partition coefficient (Wildman–Crippen LogP) is 6.22. The molecule has 0 spiro atoms. The minimum Gasteiger partial charge on any atom is -0.459 e. The molecule has 0 unspecified atom stereocenters. The Balaban J connectivity index is 1.90. The summed E-state index contributed by atoms with van der Waals surface area (Å²) in [7, 11) is 0. The van der Waals surface area contributed by atoms with E-state index in [0.29, 0.717) is 5.56 Å². The van der Waals surface area contributed by atoms with Gasteiger partial charge in [-0.2, -0.15) is 0 Å². The summed E-state index contributed by atoms with van der Waals surface area (Å²) in [4.78, 5) is 16.7. The highest BCUT2D eigenvalue weighted by Crippen LogP contribution is 2.19. The Hall–Kier alpha value is -2.16. The summed E-state index contributed by atoms with van der Waals surface area (Å²) in [6.45, 7) is 6.34. The number of carbonyl (C=O) groups is 1. The van der Waals surface area contributed by atoms with Gasteiger partial charge in [-0.1, -0.05) is 63.8 Å². The molecular formula is C23H31NO2. The van der Waals surface area contributed by atoms with Crippen LogP contribution in [-0.2, 0) is 11.2 Å². The molecule has 0 aliphatic heterocycles. The minimum absolute atomic E-state index is 0.0508. The van der Waals surface area contributed by atoms with Crippen molar-refractivity contribution in [1.82, 2.24) is 4.98 Å². The second-order valence-electron chi connectivity index (χ2n) is 6.94. The molecule has 3 heteroatoms. The van der Waals surface area contributed by atoms with Gasteiger partial charge < -0.3 is 4.74 Å². The first-order valence-electron chi connectivity index (χ1n) is 9.90. The van der Waals surface area contributed by atoms with Crippen molar-refractivity contribution >= 4 is 5.97 Å². The van der Waals surface area contributed by atoms with Crippen LogP contribution in [0, 0.1) is 0 Å². The summed E-state index contributed by atoms with van der Waals surface area (Å²) in [5.74, 6) is -0.287. The molecule has 0 fully saturated rings. The fourth-order valence-electron chi connectivity index (χ4n) is 2.98. The molecule has 1 aromatic heterocycles. The highest BCUT2D eigenvalue weighted by Gasteiger charge is 2.12. The third kappa shape index (κ3) is 6.29. The van der Waals surface area contributed by atoms with Gasteiger partial charge in [-0.05, 0) is 43.9 Å². The molecule has 0 aliphatic carbocycles. The number of carbonyl (C=O) groups excluding carboxylic acids is 1. The Morgan fingerprint density at radius 1 is 1.00 bits per heavy atom. The van der Waals surface area contributed by atoms with Crippen LogP contribution in [0.15, 0.2) is 42.6 Å². The third-order valence-electron chi connectivity index (χ3n) is 4.56. The Kier molecular flexibility index (Phi) is 8.33. The average Bonchev–Trinajstić information content (AvgIpc) is 2.66. The number of hydrogen-bond donors (Lipinski definition) is 0. The van der Waals surface area contributed by atoms with Gasteiger partial charge in [0.05, 0.1) is 17.4 Å². The number of esters is 1. The van der Waals surface area contributed by atoms with E-state index < -0.39 is 0 Å². The number of rotatable bonds is 10. The van der Waals surface area contributed by atoms with Crippen LogP contribution in [0.5, 0.6) is 0 Å². The van der Waals surface area contributed by atoms with E-state index in [1.54, 1.807) is 12.3 Å². The van der Waals surface area contributed by atoms with Gasteiger partial charge in [0, 0.05) is 11.8 Å². The number of unbranched alkanes of at least 4 members (excludes halogenated alkanes) is 3. The molecular weight excluding hydrogens is 322 g/mol. The van der Waals surface area contributed by atoms with Crippen molar-refractivity contribution in [2.24, 2.45) is 0 Å². The van der Waals surface area contributed by atoms with Crippen molar-refractivity contribution in [2.45, 2.75) is 71.8 Å². The van der Waals surface area contributed by atoms with Crippen LogP contribution in [0.3, 0.4) is 0 Å². The molecule has 3 nitrogen and oxygen atoms in total. The monoisotopic (exact) mass is 353 g/mol. The fraction of sp³-hybridized carbons (Fsp3) is 0.478. The van der Waals surface area contributed by atoms with E-state index in [2.05, 4.69) is 43.1 Å². The lowest BCUT2D eigenvalue weighted by molar-refractivity contribution is 0.0319. The molecule has 0 aliphatic rings. The van der Waals surface area contributed by atoms with Crippen molar-refractivity contribution in [1.29, 1.82) is 0 Å². The highest BCUT2D eigenvalue weighted by atomic mass is 16.5. The number of aromatic nitrogens is 1. The van der Waals surface area contributed by atoms with E-state index in [9.17, 15) is 4.79 Å². The van der Waals surface area contributed by atoms with Crippen LogP contribution < -0.4 is 0 Å². The van der Waals surface area contributed by atoms with Gasteiger partial charge in [-0.3, -0.25) is 4.98 Å². The van der Waals surface area contributed by atoms with Gasteiger partial charge in [0.2, 0.25) is 0 Å². The van der Waals surface area contributed by atoms with Gasteiger partial charge in [0.25, 0.3) is 0 Å². The van der Waals surface area contributed by atoms with E-state index >= 15 is 0 Å². The second-order valence-corrected chi connectivity index (χ2v) is 6.94. The lowest BCUT2D eigenvalue weighted by Gasteiger charge is -2.13. The quantitative estimate of drug-likeness (QED) is 0.376. The summed E-state index contributed by atoms with van der Waals surface area (Å²) < 4.78 is 5.53. The smallest absolute Gasteiger partial charge is 0.339 e. The minimum atomic E-state index is -0.287. The Morgan fingerprint density at radius 2 is 1.77 bits per heavy atom. The normalized spacial score (nSPS) is 12.0. The molecule has 0 saturated carbocycles. The van der Waals surface area contributed by atoms with Crippen molar-refractivity contribution < 1.29 is 9.53 Å². The van der Waals surface area contributed by atoms with E-state index in [1.807, 2.05) is 13.0 Å². The average molecular weight is 354 g/mol. The van der Waals surface area contributed by atoms with Gasteiger partial charge in [-0.25, -0.2) is 4.79 Å². The Bertz CT molecular complexity index is 662. The van der Waals surface area contributed by atoms with Crippen LogP contribution in [0.1, 0.15) is 75.2 Å². The first kappa shape index (κ1) is 20.2. The van der Waals surface area contributed by atoms with E-state index in [-0.39, 0.29) is 12.1 Å². The molecule has 0 N–H and O–H groups in total. The van der Waals surface area contributed by atoms with Crippen molar-refractivity contribution in [3.63, 3.8) is 0 Å². The van der Waals surface area contributed by atoms with Crippen LogP contribution in [0.2, 0.25) is 0 Å².